The number of esters is 1. The van der Waals surface area contributed by atoms with Gasteiger partial charge in [0.05, 0.1) is 18.8 Å². The van der Waals surface area contributed by atoms with Crippen LogP contribution in [0.2, 0.25) is 0 Å². The molecule has 14 heavy (non-hydrogen) atoms. The van der Waals surface area contributed by atoms with Crippen molar-refractivity contribution in [1.29, 1.82) is 0 Å². The molecule has 2 atom stereocenters. The van der Waals surface area contributed by atoms with E-state index in [1.54, 1.807) is 6.08 Å². The molecule has 2 unspecified atom stereocenters. The first kappa shape index (κ1) is 11.2. The van der Waals surface area contributed by atoms with Gasteiger partial charge in [-0.05, 0) is 33.6 Å². The summed E-state index contributed by atoms with van der Waals surface area (Å²) in [6.45, 7) is 6.29. The van der Waals surface area contributed by atoms with Gasteiger partial charge < -0.3 is 9.47 Å². The van der Waals surface area contributed by atoms with Gasteiger partial charge in [0.25, 0.3) is 0 Å². The number of hydrogen-bond donors (Lipinski definition) is 0. The highest BCUT2D eigenvalue weighted by Gasteiger charge is 2.19. The van der Waals surface area contributed by atoms with Crippen molar-refractivity contribution in [2.24, 2.45) is 0 Å². The lowest BCUT2D eigenvalue weighted by Crippen LogP contribution is -2.24. The van der Waals surface area contributed by atoms with E-state index in [9.17, 15) is 4.79 Å². The van der Waals surface area contributed by atoms with E-state index in [0.29, 0.717) is 6.61 Å². The Bertz CT molecular complexity index is 221. The molecule has 0 radical (unpaired) electrons. The predicted octanol–water partition coefficient (Wildman–Crippen LogP) is 2.06. The molecule has 0 amide bonds. The van der Waals surface area contributed by atoms with Crippen molar-refractivity contribution in [1.82, 2.24) is 0 Å². The molecule has 1 fully saturated rings. The minimum absolute atomic E-state index is 0.208. The third-order valence-corrected chi connectivity index (χ3v) is 2.17. The summed E-state index contributed by atoms with van der Waals surface area (Å²) in [5.74, 6) is -0.233. The van der Waals surface area contributed by atoms with Gasteiger partial charge in [-0.25, -0.2) is 4.79 Å². The lowest BCUT2D eigenvalue weighted by atomic mass is 9.99. The molecule has 0 aliphatic carbocycles. The zero-order chi connectivity index (χ0) is 10.6. The summed E-state index contributed by atoms with van der Waals surface area (Å²) in [5, 5.41) is 0. The van der Waals surface area contributed by atoms with Gasteiger partial charge in [-0.2, -0.15) is 0 Å². The van der Waals surface area contributed by atoms with E-state index in [2.05, 4.69) is 0 Å². The van der Waals surface area contributed by atoms with Crippen LogP contribution in [0.25, 0.3) is 0 Å². The molecular weight excluding hydrogens is 180 g/mol. The highest BCUT2D eigenvalue weighted by atomic mass is 16.5. The first-order valence-electron chi connectivity index (χ1n) is 5.13. The highest BCUT2D eigenvalue weighted by Crippen LogP contribution is 2.23. The van der Waals surface area contributed by atoms with Gasteiger partial charge in [0.1, 0.15) is 0 Å². The topological polar surface area (TPSA) is 35.5 Å². The van der Waals surface area contributed by atoms with Crippen molar-refractivity contribution in [2.45, 2.75) is 45.8 Å². The summed E-state index contributed by atoms with van der Waals surface area (Å²) in [4.78, 5) is 11.2. The van der Waals surface area contributed by atoms with Crippen LogP contribution in [-0.4, -0.2) is 24.8 Å². The van der Waals surface area contributed by atoms with Crippen LogP contribution in [0.1, 0.15) is 33.6 Å². The maximum absolute atomic E-state index is 11.2. The monoisotopic (exact) mass is 198 g/mol. The summed E-state index contributed by atoms with van der Waals surface area (Å²) >= 11 is 0. The summed E-state index contributed by atoms with van der Waals surface area (Å²) in [6.07, 6.45) is 3.70. The fourth-order valence-electron chi connectivity index (χ4n) is 1.78. The largest absolute Gasteiger partial charge is 0.463 e. The fraction of sp³-hybridized carbons (Fsp3) is 0.727. The van der Waals surface area contributed by atoms with Gasteiger partial charge >= 0.3 is 5.97 Å². The second-order valence-electron chi connectivity index (χ2n) is 3.72. The van der Waals surface area contributed by atoms with Gasteiger partial charge in [0, 0.05) is 6.08 Å². The van der Waals surface area contributed by atoms with Gasteiger partial charge in [-0.15, -0.1) is 0 Å². The molecule has 0 aromatic heterocycles. The van der Waals surface area contributed by atoms with Gasteiger partial charge in [-0.3, -0.25) is 0 Å². The molecule has 80 valence electrons. The standard InChI is InChI=1S/C11H18O3/c1-4-13-11(12)7-10-5-8(2)14-9(3)6-10/h7-9H,4-6H2,1-3H3. The van der Waals surface area contributed by atoms with E-state index in [1.165, 1.54) is 0 Å². The highest BCUT2D eigenvalue weighted by molar-refractivity contribution is 5.82. The maximum atomic E-state index is 11.2. The molecular formula is C11H18O3. The van der Waals surface area contributed by atoms with Crippen LogP contribution in [-0.2, 0) is 14.3 Å². The Balaban J connectivity index is 2.53. The third-order valence-electron chi connectivity index (χ3n) is 2.17. The van der Waals surface area contributed by atoms with Crippen molar-refractivity contribution in [3.63, 3.8) is 0 Å². The number of rotatable bonds is 2. The SMILES string of the molecule is CCOC(=O)C=C1CC(C)OC(C)C1. The molecule has 0 bridgehead atoms. The summed E-state index contributed by atoms with van der Waals surface area (Å²) in [6, 6.07) is 0. The molecule has 0 N–H and O–H groups in total. The lowest BCUT2D eigenvalue weighted by Gasteiger charge is -2.27. The van der Waals surface area contributed by atoms with E-state index >= 15 is 0 Å². The Morgan fingerprint density at radius 1 is 1.50 bits per heavy atom. The van der Waals surface area contributed by atoms with Gasteiger partial charge in [0.2, 0.25) is 0 Å². The van der Waals surface area contributed by atoms with E-state index < -0.39 is 0 Å². The summed E-state index contributed by atoms with van der Waals surface area (Å²) in [7, 11) is 0. The summed E-state index contributed by atoms with van der Waals surface area (Å²) in [5.41, 5.74) is 1.13. The van der Waals surface area contributed by atoms with Crippen LogP contribution < -0.4 is 0 Å². The average Bonchev–Trinajstić information content (AvgIpc) is 2.01. The molecule has 1 heterocycles. The second kappa shape index (κ2) is 5.15. The second-order valence-corrected chi connectivity index (χ2v) is 3.72. The van der Waals surface area contributed by atoms with Crippen molar-refractivity contribution in [2.75, 3.05) is 6.61 Å². The van der Waals surface area contributed by atoms with Crippen LogP contribution in [0.3, 0.4) is 0 Å². The molecule has 0 saturated carbocycles. The Labute approximate surface area is 85.1 Å². The smallest absolute Gasteiger partial charge is 0.330 e. The average molecular weight is 198 g/mol. The number of hydrogen-bond acceptors (Lipinski definition) is 3. The lowest BCUT2D eigenvalue weighted by molar-refractivity contribution is -0.137. The Morgan fingerprint density at radius 3 is 2.57 bits per heavy atom. The Hall–Kier alpha value is -0.830. The molecule has 0 aromatic rings. The molecule has 1 aliphatic heterocycles. The van der Waals surface area contributed by atoms with Crippen molar-refractivity contribution < 1.29 is 14.3 Å². The van der Waals surface area contributed by atoms with Crippen molar-refractivity contribution in [3.8, 4) is 0 Å². The van der Waals surface area contributed by atoms with Crippen LogP contribution in [0.15, 0.2) is 11.6 Å². The maximum Gasteiger partial charge on any atom is 0.330 e. The van der Waals surface area contributed by atoms with E-state index in [4.69, 9.17) is 9.47 Å². The molecule has 3 nitrogen and oxygen atoms in total. The molecule has 0 spiro atoms. The fourth-order valence-corrected chi connectivity index (χ4v) is 1.78. The van der Waals surface area contributed by atoms with E-state index in [1.807, 2.05) is 20.8 Å². The Morgan fingerprint density at radius 2 is 2.07 bits per heavy atom. The zero-order valence-corrected chi connectivity index (χ0v) is 9.08. The van der Waals surface area contributed by atoms with E-state index in [-0.39, 0.29) is 18.2 Å². The molecule has 1 rings (SSSR count). The first-order valence-corrected chi connectivity index (χ1v) is 5.13. The van der Waals surface area contributed by atoms with Gasteiger partial charge in [-0.1, -0.05) is 5.57 Å². The van der Waals surface area contributed by atoms with Gasteiger partial charge in [0.15, 0.2) is 0 Å². The van der Waals surface area contributed by atoms with Crippen LogP contribution in [0, 0.1) is 0 Å². The van der Waals surface area contributed by atoms with Crippen LogP contribution >= 0.6 is 0 Å². The summed E-state index contributed by atoms with van der Waals surface area (Å²) < 4.78 is 10.4. The molecule has 1 aliphatic rings. The number of ether oxygens (including phenoxy) is 2. The zero-order valence-electron chi connectivity index (χ0n) is 9.08. The number of carbonyl (C=O) groups is 1. The molecule has 1 saturated heterocycles. The molecule has 3 heteroatoms. The number of carbonyl (C=O) groups excluding carboxylic acids is 1. The minimum atomic E-state index is -0.233. The van der Waals surface area contributed by atoms with Crippen molar-refractivity contribution in [3.05, 3.63) is 11.6 Å². The normalized spacial score (nSPS) is 27.2. The van der Waals surface area contributed by atoms with Crippen LogP contribution in [0.4, 0.5) is 0 Å². The van der Waals surface area contributed by atoms with Crippen LogP contribution in [0.5, 0.6) is 0 Å². The minimum Gasteiger partial charge on any atom is -0.463 e. The quantitative estimate of drug-likeness (QED) is 0.503. The molecule has 0 aromatic carbocycles. The first-order chi connectivity index (χ1) is 6.61. The van der Waals surface area contributed by atoms with E-state index in [0.717, 1.165) is 18.4 Å². The Kier molecular flexibility index (Phi) is 4.14. The van der Waals surface area contributed by atoms with Crippen molar-refractivity contribution >= 4 is 5.97 Å². The third kappa shape index (κ3) is 3.50. The predicted molar refractivity (Wildman–Crippen MR) is 54.0 cm³/mol.